The van der Waals surface area contributed by atoms with Crippen LogP contribution in [0, 0.1) is 11.8 Å². The van der Waals surface area contributed by atoms with Crippen LogP contribution in [-0.4, -0.2) is 58.4 Å². The van der Waals surface area contributed by atoms with Gasteiger partial charge in [0, 0.05) is 32.2 Å². The van der Waals surface area contributed by atoms with Crippen molar-refractivity contribution in [1.82, 2.24) is 19.5 Å². The van der Waals surface area contributed by atoms with Crippen molar-refractivity contribution in [3.8, 4) is 0 Å². The van der Waals surface area contributed by atoms with Gasteiger partial charge in [0.1, 0.15) is 5.52 Å². The van der Waals surface area contributed by atoms with Gasteiger partial charge in [-0.2, -0.15) is 15.0 Å². The van der Waals surface area contributed by atoms with Gasteiger partial charge in [0.15, 0.2) is 11.5 Å². The summed E-state index contributed by atoms with van der Waals surface area (Å²) in [6, 6.07) is 0.404. The molecule has 5 rings (SSSR count). The Kier molecular flexibility index (Phi) is 6.67. The Morgan fingerprint density at radius 1 is 1.00 bits per heavy atom. The van der Waals surface area contributed by atoms with Crippen molar-refractivity contribution >= 4 is 28.9 Å². The van der Waals surface area contributed by atoms with Crippen LogP contribution in [0.5, 0.6) is 0 Å². The molecular weight excluding hydrogens is 402 g/mol. The summed E-state index contributed by atoms with van der Waals surface area (Å²) in [6.45, 7) is 9.44. The Morgan fingerprint density at radius 2 is 1.78 bits per heavy atom. The average molecular weight is 442 g/mol. The highest BCUT2D eigenvalue weighted by molar-refractivity contribution is 5.87. The third-order valence-electron chi connectivity index (χ3n) is 7.60. The molecule has 2 N–H and O–H groups in total. The van der Waals surface area contributed by atoms with Crippen LogP contribution in [0.15, 0.2) is 0 Å². The molecule has 3 aliphatic rings. The Hall–Kier alpha value is -2.09. The molecule has 32 heavy (non-hydrogen) atoms. The van der Waals surface area contributed by atoms with Gasteiger partial charge in [-0.15, -0.1) is 0 Å². The lowest BCUT2D eigenvalue weighted by Crippen LogP contribution is -2.38. The fourth-order valence-corrected chi connectivity index (χ4v) is 5.44. The minimum absolute atomic E-state index is 0.404. The summed E-state index contributed by atoms with van der Waals surface area (Å²) >= 11 is 0. The number of nitrogens with zero attached hydrogens (tertiary/aromatic N) is 5. The second kappa shape index (κ2) is 9.81. The molecule has 3 fully saturated rings. The van der Waals surface area contributed by atoms with Crippen molar-refractivity contribution in [2.24, 2.45) is 11.8 Å². The van der Waals surface area contributed by atoms with E-state index in [-0.39, 0.29) is 0 Å². The van der Waals surface area contributed by atoms with Crippen LogP contribution in [0.2, 0.25) is 0 Å². The van der Waals surface area contributed by atoms with Crippen molar-refractivity contribution in [2.75, 3.05) is 48.4 Å². The highest BCUT2D eigenvalue weighted by Crippen LogP contribution is 2.35. The zero-order valence-electron chi connectivity index (χ0n) is 19.8. The molecule has 2 aromatic heterocycles. The first kappa shape index (κ1) is 21.7. The molecule has 1 saturated heterocycles. The van der Waals surface area contributed by atoms with Crippen LogP contribution >= 0.6 is 0 Å². The van der Waals surface area contributed by atoms with E-state index in [9.17, 15) is 0 Å². The molecule has 2 saturated carbocycles. The lowest BCUT2D eigenvalue weighted by Gasteiger charge is -2.33. The van der Waals surface area contributed by atoms with Crippen LogP contribution < -0.4 is 15.5 Å². The average Bonchev–Trinajstić information content (AvgIpc) is 3.12. The molecule has 176 valence electrons. The Morgan fingerprint density at radius 3 is 2.47 bits per heavy atom. The van der Waals surface area contributed by atoms with Crippen molar-refractivity contribution in [3.63, 3.8) is 0 Å². The lowest BCUT2D eigenvalue weighted by atomic mass is 9.80. The van der Waals surface area contributed by atoms with E-state index in [2.05, 4.69) is 33.9 Å². The van der Waals surface area contributed by atoms with Gasteiger partial charge in [-0.1, -0.05) is 25.7 Å². The predicted octanol–water partition coefficient (Wildman–Crippen LogP) is 4.28. The topological polar surface area (TPSA) is 80.1 Å². The number of morpholine rings is 1. The number of nitrogens with one attached hydrogen (secondary N) is 2. The summed E-state index contributed by atoms with van der Waals surface area (Å²) in [5.41, 5.74) is 1.88. The van der Waals surface area contributed by atoms with E-state index in [1.54, 1.807) is 0 Å². The Labute approximate surface area is 191 Å². The van der Waals surface area contributed by atoms with Gasteiger partial charge < -0.3 is 24.8 Å². The van der Waals surface area contributed by atoms with Crippen LogP contribution in [0.4, 0.5) is 17.7 Å². The monoisotopic (exact) mass is 441 g/mol. The van der Waals surface area contributed by atoms with Gasteiger partial charge in [0.05, 0.1) is 13.2 Å². The maximum atomic E-state index is 5.63. The van der Waals surface area contributed by atoms with Crippen molar-refractivity contribution in [3.05, 3.63) is 0 Å². The summed E-state index contributed by atoms with van der Waals surface area (Å²) in [5.74, 6) is 4.07. The zero-order valence-corrected chi connectivity index (χ0v) is 19.8. The van der Waals surface area contributed by atoms with Gasteiger partial charge in [0.2, 0.25) is 11.9 Å². The molecule has 8 nitrogen and oxygen atoms in total. The van der Waals surface area contributed by atoms with Gasteiger partial charge in [-0.25, -0.2) is 0 Å². The van der Waals surface area contributed by atoms with Crippen molar-refractivity contribution in [2.45, 2.75) is 77.8 Å². The van der Waals surface area contributed by atoms with E-state index in [4.69, 9.17) is 19.7 Å². The zero-order chi connectivity index (χ0) is 21.9. The third-order valence-corrected chi connectivity index (χ3v) is 7.60. The maximum absolute atomic E-state index is 5.63. The molecule has 8 heteroatoms. The molecule has 0 spiro atoms. The van der Waals surface area contributed by atoms with Gasteiger partial charge in [-0.3, -0.25) is 0 Å². The Balaban J connectivity index is 1.57. The summed E-state index contributed by atoms with van der Waals surface area (Å²) in [7, 11) is 0. The Bertz CT molecular complexity index is 897. The van der Waals surface area contributed by atoms with Crippen molar-refractivity contribution in [1.29, 1.82) is 0 Å². The number of hydrogen-bond donors (Lipinski definition) is 2. The fraction of sp³-hybridized carbons (Fsp3) is 0.792. The van der Waals surface area contributed by atoms with Gasteiger partial charge >= 0.3 is 0 Å². The second-order valence-electron chi connectivity index (χ2n) is 9.85. The highest BCUT2D eigenvalue weighted by Gasteiger charge is 2.28. The molecule has 3 heterocycles. The first-order valence-electron chi connectivity index (χ1n) is 12.8. The summed E-state index contributed by atoms with van der Waals surface area (Å²) in [4.78, 5) is 17.2. The lowest BCUT2D eigenvalue weighted by molar-refractivity contribution is 0.121. The van der Waals surface area contributed by atoms with E-state index in [0.29, 0.717) is 17.9 Å². The predicted molar refractivity (Wildman–Crippen MR) is 130 cm³/mol. The maximum Gasteiger partial charge on any atom is 0.226 e. The van der Waals surface area contributed by atoms with E-state index in [1.807, 2.05) is 0 Å². The first-order chi connectivity index (χ1) is 15.7. The summed E-state index contributed by atoms with van der Waals surface area (Å²) < 4.78 is 8.06. The first-order valence-corrected chi connectivity index (χ1v) is 12.8. The quantitative estimate of drug-likeness (QED) is 0.633. The molecule has 0 unspecified atom stereocenters. The number of anilines is 3. The van der Waals surface area contributed by atoms with Crippen LogP contribution in [0.3, 0.4) is 0 Å². The molecule has 0 amide bonds. The van der Waals surface area contributed by atoms with E-state index in [1.165, 1.54) is 51.4 Å². The minimum atomic E-state index is 0.404. The van der Waals surface area contributed by atoms with Crippen LogP contribution in [-0.2, 0) is 11.3 Å². The molecule has 2 aliphatic carbocycles. The molecule has 0 radical (unpaired) electrons. The molecule has 1 aliphatic heterocycles. The normalized spacial score (nSPS) is 21.5. The number of fused-ring (bicyclic) bond motifs is 1. The largest absolute Gasteiger partial charge is 0.378 e. The SMILES string of the molecule is CCNc1nc(N[C@H](C)C2CCC2)c2c(n1)nc(N1CCOCC1)n2CC1CCCCC1. The summed E-state index contributed by atoms with van der Waals surface area (Å²) in [5, 5.41) is 7.10. The fourth-order valence-electron chi connectivity index (χ4n) is 5.44. The van der Waals surface area contributed by atoms with Crippen LogP contribution in [0.25, 0.3) is 11.2 Å². The molecular formula is C24H39N7O. The van der Waals surface area contributed by atoms with E-state index < -0.39 is 0 Å². The molecule has 0 bridgehead atoms. The minimum Gasteiger partial charge on any atom is -0.378 e. The summed E-state index contributed by atoms with van der Waals surface area (Å²) in [6.07, 6.45) is 10.6. The van der Waals surface area contributed by atoms with Crippen LogP contribution in [0.1, 0.15) is 65.2 Å². The number of rotatable bonds is 8. The van der Waals surface area contributed by atoms with Gasteiger partial charge in [-0.05, 0) is 51.4 Å². The standard InChI is InChI=1S/C24H39N7O/c1-3-25-23-27-21(26-17(2)19-10-7-11-19)20-22(28-23)29-24(30-12-14-32-15-13-30)31(20)16-18-8-5-4-6-9-18/h17-19H,3-16H2,1-2H3,(H2,25,26,27,28)/t17-/m1/s1. The van der Waals surface area contributed by atoms with E-state index >= 15 is 0 Å². The van der Waals surface area contributed by atoms with Gasteiger partial charge in [0.25, 0.3) is 0 Å². The highest BCUT2D eigenvalue weighted by atomic mass is 16.5. The number of imidazole rings is 1. The molecule has 1 atom stereocenters. The van der Waals surface area contributed by atoms with Crippen molar-refractivity contribution < 1.29 is 4.74 Å². The smallest absolute Gasteiger partial charge is 0.226 e. The molecule has 2 aromatic rings. The number of aromatic nitrogens is 4. The molecule has 0 aromatic carbocycles. The number of hydrogen-bond acceptors (Lipinski definition) is 7. The third kappa shape index (κ3) is 4.51. The van der Waals surface area contributed by atoms with E-state index in [0.717, 1.165) is 68.2 Å². The number of ether oxygens (including phenoxy) is 1. The second-order valence-corrected chi connectivity index (χ2v) is 9.85.